The number of benzene rings is 2. The van der Waals surface area contributed by atoms with Gasteiger partial charge in [0.15, 0.2) is 0 Å². The highest BCUT2D eigenvalue weighted by Crippen LogP contribution is 2.31. The van der Waals surface area contributed by atoms with Crippen molar-refractivity contribution in [2.45, 2.75) is 32.4 Å². The number of morpholine rings is 1. The van der Waals surface area contributed by atoms with Gasteiger partial charge in [-0.3, -0.25) is 0 Å². The molecule has 130 valence electrons. The van der Waals surface area contributed by atoms with E-state index in [1.54, 1.807) is 0 Å². The van der Waals surface area contributed by atoms with Crippen LogP contribution in [0.5, 0.6) is 0 Å². The molecule has 24 heavy (non-hydrogen) atoms. The highest BCUT2D eigenvalue weighted by atomic mass is 35.5. The Morgan fingerprint density at radius 1 is 1.04 bits per heavy atom. The molecule has 0 N–H and O–H groups in total. The zero-order valence-corrected chi connectivity index (χ0v) is 15.3. The molecule has 0 amide bonds. The normalized spacial score (nSPS) is 21.1. The lowest BCUT2D eigenvalue weighted by atomic mass is 10.0. The molecule has 1 fully saturated rings. The zero-order chi connectivity index (χ0) is 16.1. The molecule has 1 aliphatic heterocycles. The fraction of sp³-hybridized carbons (Fsp3) is 0.400. The molecule has 1 aliphatic rings. The Hall–Kier alpha value is -1.55. The van der Waals surface area contributed by atoms with E-state index < -0.39 is 0 Å². The largest absolute Gasteiger partial charge is 0.370 e. The SMILES string of the molecule is CCCN(c1ccccc1)N1CCOC(c2ccccc2)C1C.Cl. The van der Waals surface area contributed by atoms with E-state index in [1.807, 2.05) is 0 Å². The maximum Gasteiger partial charge on any atom is 0.0996 e. The van der Waals surface area contributed by atoms with E-state index in [4.69, 9.17) is 4.74 Å². The van der Waals surface area contributed by atoms with Crippen LogP contribution >= 0.6 is 12.4 Å². The van der Waals surface area contributed by atoms with Crippen molar-refractivity contribution in [3.05, 3.63) is 66.2 Å². The first-order valence-corrected chi connectivity index (χ1v) is 8.57. The van der Waals surface area contributed by atoms with Gasteiger partial charge in [-0.05, 0) is 31.0 Å². The summed E-state index contributed by atoms with van der Waals surface area (Å²) in [4.78, 5) is 0. The summed E-state index contributed by atoms with van der Waals surface area (Å²) in [7, 11) is 0. The number of hydrazine groups is 1. The summed E-state index contributed by atoms with van der Waals surface area (Å²) in [6.45, 7) is 7.21. The summed E-state index contributed by atoms with van der Waals surface area (Å²) in [6.07, 6.45) is 1.24. The number of rotatable bonds is 5. The third-order valence-electron chi connectivity index (χ3n) is 4.45. The van der Waals surface area contributed by atoms with Crippen molar-refractivity contribution in [2.75, 3.05) is 24.7 Å². The lowest BCUT2D eigenvalue weighted by molar-refractivity contribution is -0.0716. The molecule has 4 heteroatoms. The van der Waals surface area contributed by atoms with Gasteiger partial charge >= 0.3 is 0 Å². The molecular weight excluding hydrogens is 320 g/mol. The summed E-state index contributed by atoms with van der Waals surface area (Å²) < 4.78 is 6.10. The molecule has 3 nitrogen and oxygen atoms in total. The monoisotopic (exact) mass is 346 g/mol. The number of anilines is 1. The van der Waals surface area contributed by atoms with Crippen LogP contribution in [0.15, 0.2) is 60.7 Å². The minimum atomic E-state index is 0. The zero-order valence-electron chi connectivity index (χ0n) is 14.5. The predicted octanol–water partition coefficient (Wildman–Crippen LogP) is 4.70. The van der Waals surface area contributed by atoms with Crippen LogP contribution in [0.3, 0.4) is 0 Å². The maximum absolute atomic E-state index is 6.10. The van der Waals surface area contributed by atoms with Gasteiger partial charge in [0.25, 0.3) is 0 Å². The molecule has 2 aromatic carbocycles. The van der Waals surface area contributed by atoms with Gasteiger partial charge < -0.3 is 9.75 Å². The van der Waals surface area contributed by atoms with Gasteiger partial charge in [0.05, 0.1) is 24.4 Å². The van der Waals surface area contributed by atoms with Gasteiger partial charge in [0.1, 0.15) is 0 Å². The fourth-order valence-corrected chi connectivity index (χ4v) is 3.35. The summed E-state index contributed by atoms with van der Waals surface area (Å²) in [6, 6.07) is 21.5. The third-order valence-corrected chi connectivity index (χ3v) is 4.45. The van der Waals surface area contributed by atoms with Crippen LogP contribution in [0.25, 0.3) is 0 Å². The minimum Gasteiger partial charge on any atom is -0.370 e. The molecule has 0 saturated carbocycles. The van der Waals surface area contributed by atoms with Crippen molar-refractivity contribution >= 4 is 18.1 Å². The van der Waals surface area contributed by atoms with Gasteiger partial charge in [0.2, 0.25) is 0 Å². The minimum absolute atomic E-state index is 0. The molecule has 2 atom stereocenters. The number of ether oxygens (including phenoxy) is 1. The lowest BCUT2D eigenvalue weighted by Gasteiger charge is -2.46. The summed E-state index contributed by atoms with van der Waals surface area (Å²) >= 11 is 0. The number of para-hydroxylation sites is 1. The molecule has 0 radical (unpaired) electrons. The van der Waals surface area contributed by atoms with Gasteiger partial charge in [0, 0.05) is 13.1 Å². The topological polar surface area (TPSA) is 15.7 Å². The van der Waals surface area contributed by atoms with Crippen molar-refractivity contribution in [2.24, 2.45) is 0 Å². The van der Waals surface area contributed by atoms with Crippen molar-refractivity contribution in [1.82, 2.24) is 5.01 Å². The molecule has 2 aromatic rings. The van der Waals surface area contributed by atoms with E-state index in [-0.39, 0.29) is 18.5 Å². The second-order valence-corrected chi connectivity index (χ2v) is 6.06. The summed E-state index contributed by atoms with van der Waals surface area (Å²) in [5.41, 5.74) is 2.52. The Morgan fingerprint density at radius 2 is 1.67 bits per heavy atom. The Morgan fingerprint density at radius 3 is 2.29 bits per heavy atom. The van der Waals surface area contributed by atoms with E-state index in [0.717, 1.165) is 26.1 Å². The van der Waals surface area contributed by atoms with Crippen LogP contribution in [0.1, 0.15) is 31.9 Å². The van der Waals surface area contributed by atoms with E-state index in [0.29, 0.717) is 6.04 Å². The second-order valence-electron chi connectivity index (χ2n) is 6.06. The molecule has 1 saturated heterocycles. The molecule has 3 rings (SSSR count). The number of halogens is 1. The van der Waals surface area contributed by atoms with Crippen LogP contribution in [-0.2, 0) is 4.74 Å². The van der Waals surface area contributed by atoms with E-state index in [2.05, 4.69) is 84.5 Å². The van der Waals surface area contributed by atoms with Crippen LogP contribution in [0.2, 0.25) is 0 Å². The fourth-order valence-electron chi connectivity index (χ4n) is 3.35. The molecular formula is C20H27ClN2O. The quantitative estimate of drug-likeness (QED) is 0.780. The molecule has 0 bridgehead atoms. The maximum atomic E-state index is 6.10. The third kappa shape index (κ3) is 4.10. The molecule has 2 unspecified atom stereocenters. The Bertz CT molecular complexity index is 593. The first kappa shape index (κ1) is 18.8. The van der Waals surface area contributed by atoms with Crippen molar-refractivity contribution in [3.8, 4) is 0 Å². The Balaban J connectivity index is 0.00000208. The highest BCUT2D eigenvalue weighted by molar-refractivity contribution is 5.85. The van der Waals surface area contributed by atoms with Gasteiger partial charge in [-0.25, -0.2) is 5.01 Å². The smallest absolute Gasteiger partial charge is 0.0996 e. The summed E-state index contributed by atoms with van der Waals surface area (Å²) in [5.74, 6) is 0. The van der Waals surface area contributed by atoms with Gasteiger partial charge in [-0.15, -0.1) is 12.4 Å². The number of hydrogen-bond donors (Lipinski definition) is 0. The van der Waals surface area contributed by atoms with Crippen LogP contribution in [0.4, 0.5) is 5.69 Å². The lowest BCUT2D eigenvalue weighted by Crippen LogP contribution is -2.55. The van der Waals surface area contributed by atoms with E-state index >= 15 is 0 Å². The van der Waals surface area contributed by atoms with E-state index in [9.17, 15) is 0 Å². The predicted molar refractivity (Wildman–Crippen MR) is 103 cm³/mol. The molecule has 0 spiro atoms. The standard InChI is InChI=1S/C20H26N2O.ClH/c1-3-14-22(19-12-8-5-9-13-19)21-15-16-23-20(17(21)2)18-10-6-4-7-11-18;/h4-13,17,20H,3,14-16H2,1-2H3;1H. The van der Waals surface area contributed by atoms with Crippen molar-refractivity contribution in [1.29, 1.82) is 0 Å². The van der Waals surface area contributed by atoms with Crippen LogP contribution < -0.4 is 5.01 Å². The first-order chi connectivity index (χ1) is 11.3. The Kier molecular flexibility index (Phi) is 7.10. The number of nitrogens with zero attached hydrogens (tertiary/aromatic N) is 2. The molecule has 0 aromatic heterocycles. The Labute approximate surface area is 151 Å². The summed E-state index contributed by atoms with van der Waals surface area (Å²) in [5, 5.41) is 4.89. The van der Waals surface area contributed by atoms with Gasteiger partial charge in [-0.2, -0.15) is 0 Å². The molecule has 1 heterocycles. The molecule has 0 aliphatic carbocycles. The number of hydrogen-bond acceptors (Lipinski definition) is 3. The average Bonchev–Trinajstić information content (AvgIpc) is 2.62. The van der Waals surface area contributed by atoms with E-state index in [1.165, 1.54) is 11.3 Å². The average molecular weight is 347 g/mol. The van der Waals surface area contributed by atoms with Gasteiger partial charge in [-0.1, -0.05) is 55.5 Å². The second kappa shape index (κ2) is 9.07. The highest BCUT2D eigenvalue weighted by Gasteiger charge is 2.33. The van der Waals surface area contributed by atoms with Crippen LogP contribution in [-0.4, -0.2) is 30.7 Å². The van der Waals surface area contributed by atoms with Crippen molar-refractivity contribution in [3.63, 3.8) is 0 Å². The van der Waals surface area contributed by atoms with Crippen LogP contribution in [0, 0.1) is 0 Å². The van der Waals surface area contributed by atoms with Crippen molar-refractivity contribution < 1.29 is 4.74 Å². The first-order valence-electron chi connectivity index (χ1n) is 8.57.